The third-order valence-electron chi connectivity index (χ3n) is 9.49. The molecule has 8 aromatic carbocycles. The Morgan fingerprint density at radius 2 is 0.800 bits per heavy atom. The summed E-state index contributed by atoms with van der Waals surface area (Å²) in [6.07, 6.45) is 0. The van der Waals surface area contributed by atoms with Gasteiger partial charge in [-0.05, 0) is 63.7 Å². The number of thiophene rings is 1. The standard InChI is InChI=1S/C48H33NS/c1-5-15-34(16-6-1)35-25-27-39(28-26-35)49(40-29-30-44-43-23-13-14-24-45(43)50-46(44)33-40)48-42(37-19-9-3-10-20-37)32-31-41(36-17-7-2-8-18-36)47(48)38-21-11-4-12-22-38/h1-33H. The van der Waals surface area contributed by atoms with Gasteiger partial charge in [-0.1, -0.05) is 170 Å². The van der Waals surface area contributed by atoms with Gasteiger partial charge in [0, 0.05) is 42.7 Å². The first kappa shape index (κ1) is 29.9. The zero-order valence-electron chi connectivity index (χ0n) is 27.4. The zero-order valence-corrected chi connectivity index (χ0v) is 28.2. The predicted molar refractivity (Wildman–Crippen MR) is 216 cm³/mol. The minimum absolute atomic E-state index is 1.10. The van der Waals surface area contributed by atoms with Crippen LogP contribution in [0.4, 0.5) is 17.1 Å². The summed E-state index contributed by atoms with van der Waals surface area (Å²) < 4.78 is 2.58. The fourth-order valence-electron chi connectivity index (χ4n) is 7.12. The second kappa shape index (κ2) is 13.0. The Hall–Kier alpha value is -6.22. The molecule has 236 valence electrons. The van der Waals surface area contributed by atoms with Crippen molar-refractivity contribution in [3.05, 3.63) is 200 Å². The molecule has 0 bridgehead atoms. The smallest absolute Gasteiger partial charge is 0.0624 e. The van der Waals surface area contributed by atoms with Crippen LogP contribution in [0.2, 0.25) is 0 Å². The number of hydrogen-bond acceptors (Lipinski definition) is 2. The average Bonchev–Trinajstić information content (AvgIpc) is 3.57. The van der Waals surface area contributed by atoms with E-state index in [4.69, 9.17) is 0 Å². The van der Waals surface area contributed by atoms with Crippen LogP contribution in [0.3, 0.4) is 0 Å². The molecule has 50 heavy (non-hydrogen) atoms. The highest BCUT2D eigenvalue weighted by atomic mass is 32.1. The third-order valence-corrected chi connectivity index (χ3v) is 10.6. The second-order valence-corrected chi connectivity index (χ2v) is 13.6. The highest BCUT2D eigenvalue weighted by Gasteiger charge is 2.25. The van der Waals surface area contributed by atoms with Crippen molar-refractivity contribution in [2.24, 2.45) is 0 Å². The maximum absolute atomic E-state index is 2.48. The number of fused-ring (bicyclic) bond motifs is 3. The molecule has 0 saturated heterocycles. The lowest BCUT2D eigenvalue weighted by molar-refractivity contribution is 1.29. The molecule has 0 spiro atoms. The minimum Gasteiger partial charge on any atom is -0.309 e. The van der Waals surface area contributed by atoms with Crippen LogP contribution in [-0.4, -0.2) is 0 Å². The quantitative estimate of drug-likeness (QED) is 0.165. The Morgan fingerprint density at radius 1 is 0.320 bits per heavy atom. The van der Waals surface area contributed by atoms with Crippen molar-refractivity contribution < 1.29 is 0 Å². The largest absolute Gasteiger partial charge is 0.309 e. The number of rotatable bonds is 7. The first-order valence-electron chi connectivity index (χ1n) is 17.0. The molecule has 0 amide bonds. The summed E-state index contributed by atoms with van der Waals surface area (Å²) in [6, 6.07) is 72.4. The molecule has 0 aliphatic rings. The van der Waals surface area contributed by atoms with Gasteiger partial charge in [0.1, 0.15) is 0 Å². The highest BCUT2D eigenvalue weighted by Crippen LogP contribution is 2.51. The summed E-state index contributed by atoms with van der Waals surface area (Å²) in [7, 11) is 0. The molecule has 0 fully saturated rings. The van der Waals surface area contributed by atoms with E-state index in [1.807, 2.05) is 11.3 Å². The van der Waals surface area contributed by atoms with Crippen LogP contribution in [0.5, 0.6) is 0 Å². The monoisotopic (exact) mass is 655 g/mol. The van der Waals surface area contributed by atoms with Gasteiger partial charge < -0.3 is 4.90 Å². The molecule has 9 aromatic rings. The molecule has 0 aliphatic heterocycles. The molecule has 1 nitrogen and oxygen atoms in total. The van der Waals surface area contributed by atoms with E-state index in [9.17, 15) is 0 Å². The fraction of sp³-hybridized carbons (Fsp3) is 0. The second-order valence-electron chi connectivity index (χ2n) is 12.5. The Bertz CT molecular complexity index is 2560. The zero-order chi connectivity index (χ0) is 33.3. The van der Waals surface area contributed by atoms with Gasteiger partial charge in [0.05, 0.1) is 5.69 Å². The predicted octanol–water partition coefficient (Wildman–Crippen LogP) is 14.2. The maximum atomic E-state index is 2.48. The number of nitrogens with zero attached hydrogens (tertiary/aromatic N) is 1. The van der Waals surface area contributed by atoms with Crippen LogP contribution in [0.1, 0.15) is 0 Å². The first-order valence-corrected chi connectivity index (χ1v) is 17.8. The molecule has 0 atom stereocenters. The molecular weight excluding hydrogens is 623 g/mol. The van der Waals surface area contributed by atoms with Gasteiger partial charge in [-0.3, -0.25) is 0 Å². The van der Waals surface area contributed by atoms with E-state index in [2.05, 4.69) is 205 Å². The maximum Gasteiger partial charge on any atom is 0.0624 e. The van der Waals surface area contributed by atoms with Crippen molar-refractivity contribution in [1.29, 1.82) is 0 Å². The van der Waals surface area contributed by atoms with Crippen molar-refractivity contribution >= 4 is 48.6 Å². The van der Waals surface area contributed by atoms with Crippen molar-refractivity contribution in [2.45, 2.75) is 0 Å². The van der Waals surface area contributed by atoms with Crippen LogP contribution in [0.15, 0.2) is 200 Å². The van der Waals surface area contributed by atoms with E-state index in [1.54, 1.807) is 0 Å². The molecule has 0 aliphatic carbocycles. The first-order chi connectivity index (χ1) is 24.8. The number of benzene rings is 8. The van der Waals surface area contributed by atoms with Gasteiger partial charge in [-0.25, -0.2) is 0 Å². The van der Waals surface area contributed by atoms with Gasteiger partial charge in [0.25, 0.3) is 0 Å². The van der Waals surface area contributed by atoms with Crippen molar-refractivity contribution in [1.82, 2.24) is 0 Å². The summed E-state index contributed by atoms with van der Waals surface area (Å²) in [4.78, 5) is 2.48. The van der Waals surface area contributed by atoms with Crippen LogP contribution in [0.25, 0.3) is 64.7 Å². The van der Waals surface area contributed by atoms with Gasteiger partial charge in [0.2, 0.25) is 0 Å². The topological polar surface area (TPSA) is 3.24 Å². The van der Waals surface area contributed by atoms with Crippen LogP contribution in [-0.2, 0) is 0 Å². The summed E-state index contributed by atoms with van der Waals surface area (Å²) in [5.74, 6) is 0. The Kier molecular flexibility index (Phi) is 7.77. The van der Waals surface area contributed by atoms with E-state index in [-0.39, 0.29) is 0 Å². The summed E-state index contributed by atoms with van der Waals surface area (Å²) >= 11 is 1.86. The third kappa shape index (κ3) is 5.46. The lowest BCUT2D eigenvalue weighted by Gasteiger charge is -2.32. The molecule has 1 heterocycles. The number of hydrogen-bond donors (Lipinski definition) is 0. The highest BCUT2D eigenvalue weighted by molar-refractivity contribution is 7.25. The Balaban J connectivity index is 1.37. The summed E-state index contributed by atoms with van der Waals surface area (Å²) in [5, 5.41) is 2.59. The van der Waals surface area contributed by atoms with Gasteiger partial charge in [-0.15, -0.1) is 11.3 Å². The van der Waals surface area contributed by atoms with Crippen LogP contribution < -0.4 is 4.90 Å². The normalized spacial score (nSPS) is 11.2. The van der Waals surface area contributed by atoms with Crippen molar-refractivity contribution in [2.75, 3.05) is 4.90 Å². The molecule has 0 unspecified atom stereocenters. The molecule has 2 heteroatoms. The van der Waals surface area contributed by atoms with E-state index < -0.39 is 0 Å². The molecule has 0 saturated carbocycles. The lowest BCUT2D eigenvalue weighted by atomic mass is 9.87. The Morgan fingerprint density at radius 3 is 1.46 bits per heavy atom. The van der Waals surface area contributed by atoms with Gasteiger partial charge in [-0.2, -0.15) is 0 Å². The Labute approximate surface area is 297 Å². The fourth-order valence-corrected chi connectivity index (χ4v) is 8.26. The van der Waals surface area contributed by atoms with Crippen LogP contribution >= 0.6 is 11.3 Å². The SMILES string of the molecule is c1ccc(-c2ccc(N(c3ccc4c(c3)sc3ccccc34)c3c(-c4ccccc4)ccc(-c4ccccc4)c3-c3ccccc3)cc2)cc1. The molecule has 0 radical (unpaired) electrons. The van der Waals surface area contributed by atoms with E-state index >= 15 is 0 Å². The average molecular weight is 656 g/mol. The lowest BCUT2D eigenvalue weighted by Crippen LogP contribution is -2.13. The molecule has 9 rings (SSSR count). The van der Waals surface area contributed by atoms with Crippen molar-refractivity contribution in [3.63, 3.8) is 0 Å². The van der Waals surface area contributed by atoms with Crippen molar-refractivity contribution in [3.8, 4) is 44.5 Å². The van der Waals surface area contributed by atoms with E-state index in [0.717, 1.165) is 17.1 Å². The van der Waals surface area contributed by atoms with Crippen LogP contribution in [0, 0.1) is 0 Å². The van der Waals surface area contributed by atoms with E-state index in [1.165, 1.54) is 64.7 Å². The van der Waals surface area contributed by atoms with Gasteiger partial charge in [0.15, 0.2) is 0 Å². The number of anilines is 3. The summed E-state index contributed by atoms with van der Waals surface area (Å²) in [5.41, 5.74) is 12.9. The van der Waals surface area contributed by atoms with Gasteiger partial charge >= 0.3 is 0 Å². The van der Waals surface area contributed by atoms with E-state index in [0.29, 0.717) is 0 Å². The molecular formula is C48H33NS. The molecule has 1 aromatic heterocycles. The minimum atomic E-state index is 1.10. The summed E-state index contributed by atoms with van der Waals surface area (Å²) in [6.45, 7) is 0. The molecule has 0 N–H and O–H groups in total.